The van der Waals surface area contributed by atoms with Crippen LogP contribution in [0.5, 0.6) is 0 Å². The molecule has 1 N–H and O–H groups in total. The lowest BCUT2D eigenvalue weighted by atomic mass is 10.2. The number of carbonyl (C=O) groups is 1. The average Bonchev–Trinajstić information content (AvgIpc) is 2.84. The molecule has 3 aromatic rings. The molecule has 5 heteroatoms. The molecule has 106 valence electrons. The fourth-order valence-electron chi connectivity index (χ4n) is 2.40. The number of aromatic nitrogens is 2. The third-order valence-corrected chi connectivity index (χ3v) is 3.85. The molecule has 0 spiro atoms. The van der Waals surface area contributed by atoms with Crippen LogP contribution in [0, 0.1) is 0 Å². The molecule has 2 aromatic carbocycles. The van der Waals surface area contributed by atoms with Crippen molar-refractivity contribution in [3.63, 3.8) is 0 Å². The van der Waals surface area contributed by atoms with E-state index in [1.54, 1.807) is 18.2 Å². The summed E-state index contributed by atoms with van der Waals surface area (Å²) in [5.41, 5.74) is 2.84. The molecule has 3 rings (SSSR count). The van der Waals surface area contributed by atoms with E-state index >= 15 is 0 Å². The van der Waals surface area contributed by atoms with Gasteiger partial charge >= 0.3 is 5.97 Å². The molecule has 1 aromatic heterocycles. The number of benzene rings is 2. The van der Waals surface area contributed by atoms with Crippen LogP contribution in [0.1, 0.15) is 23.1 Å². The van der Waals surface area contributed by atoms with Gasteiger partial charge in [-0.15, -0.1) is 0 Å². The van der Waals surface area contributed by atoms with Crippen molar-refractivity contribution in [3.8, 4) is 5.69 Å². The number of fused-ring (bicyclic) bond motifs is 1. The van der Waals surface area contributed by atoms with E-state index in [-0.39, 0.29) is 5.56 Å². The summed E-state index contributed by atoms with van der Waals surface area (Å²) >= 11 is 3.47. The number of rotatable bonds is 3. The van der Waals surface area contributed by atoms with Gasteiger partial charge < -0.3 is 5.11 Å². The van der Waals surface area contributed by atoms with Gasteiger partial charge in [0.2, 0.25) is 0 Å². The summed E-state index contributed by atoms with van der Waals surface area (Å²) in [6.45, 7) is 2.04. The third kappa shape index (κ3) is 2.45. The Hall–Kier alpha value is -2.14. The number of carboxylic acids is 1. The highest BCUT2D eigenvalue weighted by Gasteiger charge is 2.13. The van der Waals surface area contributed by atoms with Crippen LogP contribution in [-0.4, -0.2) is 20.6 Å². The fraction of sp³-hybridized carbons (Fsp3) is 0.125. The highest BCUT2D eigenvalue weighted by atomic mass is 79.9. The molecule has 0 atom stereocenters. The zero-order chi connectivity index (χ0) is 15.0. The van der Waals surface area contributed by atoms with Gasteiger partial charge in [-0.05, 0) is 36.4 Å². The predicted octanol–water partition coefficient (Wildman–Crippen LogP) is 4.05. The maximum absolute atomic E-state index is 11.2. The molecule has 0 bridgehead atoms. The van der Waals surface area contributed by atoms with Crippen LogP contribution in [-0.2, 0) is 6.42 Å². The van der Waals surface area contributed by atoms with Crippen molar-refractivity contribution in [1.29, 1.82) is 0 Å². The molecular weight excluding hydrogens is 332 g/mol. The minimum absolute atomic E-state index is 0.265. The van der Waals surface area contributed by atoms with Crippen molar-refractivity contribution >= 4 is 32.9 Å². The lowest BCUT2D eigenvalue weighted by Crippen LogP contribution is -2.01. The highest BCUT2D eigenvalue weighted by molar-refractivity contribution is 9.10. The quantitative estimate of drug-likeness (QED) is 0.779. The highest BCUT2D eigenvalue weighted by Crippen LogP contribution is 2.25. The van der Waals surface area contributed by atoms with Crippen LogP contribution in [0.3, 0.4) is 0 Å². The standard InChI is InChI=1S/C16H13BrN2O2/c1-2-15-18-13-7-6-10(16(20)21)8-14(13)19(15)12-5-3-4-11(17)9-12/h3-9H,2H2,1H3,(H,20,21). The summed E-state index contributed by atoms with van der Waals surface area (Å²) < 4.78 is 2.98. The molecule has 0 unspecified atom stereocenters. The van der Waals surface area contributed by atoms with Gasteiger partial charge in [-0.25, -0.2) is 9.78 Å². The van der Waals surface area contributed by atoms with E-state index < -0.39 is 5.97 Å². The monoisotopic (exact) mass is 344 g/mol. The first kappa shape index (κ1) is 13.8. The lowest BCUT2D eigenvalue weighted by Gasteiger charge is -2.09. The van der Waals surface area contributed by atoms with Gasteiger partial charge in [-0.3, -0.25) is 4.57 Å². The van der Waals surface area contributed by atoms with Gasteiger partial charge in [0.15, 0.2) is 0 Å². The molecule has 4 nitrogen and oxygen atoms in total. The maximum Gasteiger partial charge on any atom is 0.335 e. The summed E-state index contributed by atoms with van der Waals surface area (Å²) in [5, 5.41) is 9.18. The second kappa shape index (κ2) is 5.33. The molecular formula is C16H13BrN2O2. The number of aryl methyl sites for hydroxylation is 1. The molecule has 1 heterocycles. The zero-order valence-electron chi connectivity index (χ0n) is 11.4. The number of imidazole rings is 1. The Kier molecular flexibility index (Phi) is 3.51. The Bertz CT molecular complexity index is 839. The van der Waals surface area contributed by atoms with E-state index in [2.05, 4.69) is 20.9 Å². The number of aromatic carboxylic acids is 1. The second-order valence-electron chi connectivity index (χ2n) is 4.71. The van der Waals surface area contributed by atoms with Gasteiger partial charge in [0, 0.05) is 16.6 Å². The van der Waals surface area contributed by atoms with Crippen LogP contribution in [0.4, 0.5) is 0 Å². The lowest BCUT2D eigenvalue weighted by molar-refractivity contribution is 0.0697. The number of nitrogens with zero attached hydrogens (tertiary/aromatic N) is 2. The first-order chi connectivity index (χ1) is 10.1. The van der Waals surface area contributed by atoms with E-state index in [1.165, 1.54) is 0 Å². The Morgan fingerprint density at radius 3 is 2.76 bits per heavy atom. The predicted molar refractivity (Wildman–Crippen MR) is 85.1 cm³/mol. The van der Waals surface area contributed by atoms with Crippen LogP contribution in [0.15, 0.2) is 46.9 Å². The average molecular weight is 345 g/mol. The van der Waals surface area contributed by atoms with Crippen molar-refractivity contribution < 1.29 is 9.90 Å². The number of hydrogen-bond acceptors (Lipinski definition) is 2. The van der Waals surface area contributed by atoms with Gasteiger partial charge in [0.1, 0.15) is 5.82 Å². The summed E-state index contributed by atoms with van der Waals surface area (Å²) in [6.07, 6.45) is 0.767. The summed E-state index contributed by atoms with van der Waals surface area (Å²) in [6, 6.07) is 12.9. The SMILES string of the molecule is CCc1nc2ccc(C(=O)O)cc2n1-c1cccc(Br)c1. The van der Waals surface area contributed by atoms with E-state index in [9.17, 15) is 9.90 Å². The molecule has 0 aliphatic carbocycles. The smallest absolute Gasteiger partial charge is 0.335 e. The molecule has 0 saturated carbocycles. The Morgan fingerprint density at radius 2 is 2.10 bits per heavy atom. The topological polar surface area (TPSA) is 55.1 Å². The molecule has 0 saturated heterocycles. The van der Waals surface area contributed by atoms with Crippen LogP contribution >= 0.6 is 15.9 Å². The fourth-order valence-corrected chi connectivity index (χ4v) is 2.79. The Morgan fingerprint density at radius 1 is 1.29 bits per heavy atom. The van der Waals surface area contributed by atoms with Crippen LogP contribution in [0.25, 0.3) is 16.7 Å². The summed E-state index contributed by atoms with van der Waals surface area (Å²) in [7, 11) is 0. The molecule has 0 aliphatic heterocycles. The van der Waals surface area contributed by atoms with Gasteiger partial charge in [-0.2, -0.15) is 0 Å². The molecule has 0 fully saturated rings. The van der Waals surface area contributed by atoms with Crippen molar-refractivity contribution in [2.45, 2.75) is 13.3 Å². The van der Waals surface area contributed by atoms with E-state index in [4.69, 9.17) is 0 Å². The van der Waals surface area contributed by atoms with Crippen molar-refractivity contribution in [2.75, 3.05) is 0 Å². The Labute approximate surface area is 130 Å². The number of halogens is 1. The molecule has 0 amide bonds. The number of carboxylic acid groups (broad SMARTS) is 1. The summed E-state index contributed by atoms with van der Waals surface area (Å²) in [4.78, 5) is 15.8. The minimum Gasteiger partial charge on any atom is -0.478 e. The van der Waals surface area contributed by atoms with E-state index in [0.29, 0.717) is 0 Å². The summed E-state index contributed by atoms with van der Waals surface area (Å²) in [5.74, 6) is -0.0254. The first-order valence-corrected chi connectivity index (χ1v) is 7.40. The normalized spacial score (nSPS) is 11.0. The molecule has 0 radical (unpaired) electrons. The molecule has 21 heavy (non-hydrogen) atoms. The third-order valence-electron chi connectivity index (χ3n) is 3.35. The minimum atomic E-state index is -0.933. The second-order valence-corrected chi connectivity index (χ2v) is 5.62. The largest absolute Gasteiger partial charge is 0.478 e. The van der Waals surface area contributed by atoms with E-state index in [0.717, 1.165) is 33.4 Å². The van der Waals surface area contributed by atoms with Crippen LogP contribution in [0.2, 0.25) is 0 Å². The maximum atomic E-state index is 11.2. The van der Waals surface area contributed by atoms with Crippen LogP contribution < -0.4 is 0 Å². The number of hydrogen-bond donors (Lipinski definition) is 1. The van der Waals surface area contributed by atoms with Gasteiger partial charge in [-0.1, -0.05) is 28.9 Å². The zero-order valence-corrected chi connectivity index (χ0v) is 13.0. The molecule has 0 aliphatic rings. The van der Waals surface area contributed by atoms with Crippen molar-refractivity contribution in [1.82, 2.24) is 9.55 Å². The van der Waals surface area contributed by atoms with Crippen molar-refractivity contribution in [2.24, 2.45) is 0 Å². The Balaban J connectivity index is 2.32. The first-order valence-electron chi connectivity index (χ1n) is 6.60. The van der Waals surface area contributed by atoms with Gasteiger partial charge in [0.25, 0.3) is 0 Å². The van der Waals surface area contributed by atoms with E-state index in [1.807, 2.05) is 35.8 Å². The van der Waals surface area contributed by atoms with Crippen molar-refractivity contribution in [3.05, 3.63) is 58.3 Å². The van der Waals surface area contributed by atoms with Gasteiger partial charge in [0.05, 0.1) is 16.6 Å².